The molecule has 1 aliphatic rings. The third-order valence-corrected chi connectivity index (χ3v) is 1.86. The summed E-state index contributed by atoms with van der Waals surface area (Å²) in [5.41, 5.74) is 0. The molecule has 0 spiro atoms. The Hall–Kier alpha value is -0.790. The van der Waals surface area contributed by atoms with Gasteiger partial charge in [0.05, 0.1) is 5.92 Å². The highest BCUT2D eigenvalue weighted by molar-refractivity contribution is 5.69. The molecule has 0 saturated heterocycles. The maximum Gasteiger partial charge on any atom is 0.358 e. The van der Waals surface area contributed by atoms with E-state index in [2.05, 4.69) is 0 Å². The first-order chi connectivity index (χ1) is 4.80. The van der Waals surface area contributed by atoms with Gasteiger partial charge >= 0.3 is 5.97 Å². The number of hydrogen-bond donors (Lipinski definition) is 0. The van der Waals surface area contributed by atoms with Crippen molar-refractivity contribution in [1.29, 1.82) is 0 Å². The molecule has 0 N–H and O–H groups in total. The fourth-order valence-corrected chi connectivity index (χ4v) is 1.21. The zero-order valence-electron chi connectivity index (χ0n) is 5.88. The van der Waals surface area contributed by atoms with Crippen molar-refractivity contribution in [3.05, 3.63) is 12.2 Å². The Morgan fingerprint density at radius 2 is 1.70 bits per heavy atom. The molecule has 10 heavy (non-hydrogen) atoms. The van der Waals surface area contributed by atoms with Crippen LogP contribution in [0, 0.1) is 5.92 Å². The van der Waals surface area contributed by atoms with E-state index in [0.29, 0.717) is 0 Å². The third kappa shape index (κ3) is 1.87. The van der Waals surface area contributed by atoms with Gasteiger partial charge in [0.25, 0.3) is 0 Å². The van der Waals surface area contributed by atoms with Gasteiger partial charge in [-0.3, -0.25) is 0 Å². The second-order valence-corrected chi connectivity index (χ2v) is 2.64. The minimum atomic E-state index is -0.885. The Balaban J connectivity index is 2.41. The van der Waals surface area contributed by atoms with Crippen molar-refractivity contribution < 1.29 is 9.90 Å². The van der Waals surface area contributed by atoms with E-state index in [4.69, 9.17) is 0 Å². The molecule has 0 amide bonds. The van der Waals surface area contributed by atoms with E-state index in [1.54, 1.807) is 0 Å². The molecular formula is C8H11O2. The molecule has 0 saturated carbocycles. The molecule has 2 heteroatoms. The molecule has 0 aliphatic heterocycles. The summed E-state index contributed by atoms with van der Waals surface area (Å²) in [6, 6.07) is 0. The molecule has 0 aromatic carbocycles. The maximum absolute atomic E-state index is 10.4. The average Bonchev–Trinajstić information content (AvgIpc) is 2.12. The van der Waals surface area contributed by atoms with Crippen LogP contribution in [-0.2, 0) is 9.90 Å². The largest absolute Gasteiger partial charge is 0.358 e. The quantitative estimate of drug-likeness (QED) is 0.509. The molecule has 0 bridgehead atoms. The van der Waals surface area contributed by atoms with Crippen LogP contribution in [0.1, 0.15) is 25.7 Å². The van der Waals surface area contributed by atoms with Gasteiger partial charge in [-0.15, -0.1) is 0 Å². The lowest BCUT2D eigenvalue weighted by atomic mass is 10.0. The molecule has 0 unspecified atom stereocenters. The highest BCUT2D eigenvalue weighted by Gasteiger charge is 2.18. The molecule has 0 fully saturated rings. The summed E-state index contributed by atoms with van der Waals surface area (Å²) in [5.74, 6) is -1.10. The van der Waals surface area contributed by atoms with Crippen LogP contribution in [0.5, 0.6) is 0 Å². The van der Waals surface area contributed by atoms with Gasteiger partial charge < -0.3 is 0 Å². The highest BCUT2D eigenvalue weighted by atomic mass is 16.4. The maximum atomic E-state index is 10.4. The van der Waals surface area contributed by atoms with Crippen LogP contribution in [0.4, 0.5) is 0 Å². The fourth-order valence-electron chi connectivity index (χ4n) is 1.21. The van der Waals surface area contributed by atoms with Gasteiger partial charge in [-0.1, -0.05) is 12.2 Å². The Kier molecular flexibility index (Phi) is 2.49. The second kappa shape index (κ2) is 3.40. The Labute approximate surface area is 60.6 Å². The van der Waals surface area contributed by atoms with Gasteiger partial charge in [0.2, 0.25) is 0 Å². The number of allylic oxidation sites excluding steroid dienone is 2. The molecule has 2 nitrogen and oxygen atoms in total. The Bertz CT molecular complexity index is 139. The standard InChI is InChI=1S/C8H11O2/c9-8(10)7-5-3-1-2-4-6-7/h1-2,7H,3-6H2. The summed E-state index contributed by atoms with van der Waals surface area (Å²) in [5, 5.41) is 10.4. The molecule has 0 atom stereocenters. The van der Waals surface area contributed by atoms with E-state index in [-0.39, 0.29) is 5.92 Å². The van der Waals surface area contributed by atoms with Gasteiger partial charge in [-0.2, -0.15) is 0 Å². The van der Waals surface area contributed by atoms with Crippen molar-refractivity contribution in [2.24, 2.45) is 5.92 Å². The topological polar surface area (TPSA) is 37.0 Å². The summed E-state index contributed by atoms with van der Waals surface area (Å²) in [6.07, 6.45) is 7.36. The second-order valence-electron chi connectivity index (χ2n) is 2.64. The van der Waals surface area contributed by atoms with E-state index < -0.39 is 5.97 Å². The minimum absolute atomic E-state index is 0.213. The molecule has 0 aromatic heterocycles. The van der Waals surface area contributed by atoms with Crippen LogP contribution in [0.3, 0.4) is 0 Å². The summed E-state index contributed by atoms with van der Waals surface area (Å²) >= 11 is 0. The number of rotatable bonds is 1. The van der Waals surface area contributed by atoms with Gasteiger partial charge in [0, 0.05) is 0 Å². The molecule has 0 aromatic rings. The van der Waals surface area contributed by atoms with Crippen LogP contribution >= 0.6 is 0 Å². The minimum Gasteiger partial charge on any atom is -0.247 e. The van der Waals surface area contributed by atoms with E-state index >= 15 is 0 Å². The van der Waals surface area contributed by atoms with Crippen molar-refractivity contribution in [1.82, 2.24) is 0 Å². The SMILES string of the molecule is [O]C(=O)C1CCC=CCC1. The third-order valence-electron chi connectivity index (χ3n) is 1.86. The van der Waals surface area contributed by atoms with Crippen molar-refractivity contribution in [2.75, 3.05) is 0 Å². The van der Waals surface area contributed by atoms with Gasteiger partial charge in [-0.05, 0) is 25.7 Å². The van der Waals surface area contributed by atoms with Crippen molar-refractivity contribution in [3.63, 3.8) is 0 Å². The molecule has 1 aliphatic carbocycles. The zero-order chi connectivity index (χ0) is 7.40. The van der Waals surface area contributed by atoms with Crippen LogP contribution in [-0.4, -0.2) is 5.97 Å². The smallest absolute Gasteiger partial charge is 0.247 e. The van der Waals surface area contributed by atoms with E-state index in [1.807, 2.05) is 12.2 Å². The number of hydrogen-bond acceptors (Lipinski definition) is 1. The van der Waals surface area contributed by atoms with E-state index in [0.717, 1.165) is 25.7 Å². The predicted octanol–water partition coefficient (Wildman–Crippen LogP) is 1.69. The average molecular weight is 139 g/mol. The monoisotopic (exact) mass is 139 g/mol. The normalized spacial score (nSPS) is 20.4. The molecule has 0 heterocycles. The number of carbonyl (C=O) groups is 1. The lowest BCUT2D eigenvalue weighted by Gasteiger charge is -2.03. The first-order valence-corrected chi connectivity index (χ1v) is 3.66. The Morgan fingerprint density at radius 1 is 1.20 bits per heavy atom. The first-order valence-electron chi connectivity index (χ1n) is 3.66. The van der Waals surface area contributed by atoms with Crippen LogP contribution in [0.15, 0.2) is 12.2 Å². The fraction of sp³-hybridized carbons (Fsp3) is 0.625. The molecule has 1 radical (unpaired) electrons. The predicted molar refractivity (Wildman–Crippen MR) is 36.8 cm³/mol. The molecule has 55 valence electrons. The van der Waals surface area contributed by atoms with Gasteiger partial charge in [0.15, 0.2) is 0 Å². The summed E-state index contributed by atoms with van der Waals surface area (Å²) in [7, 11) is 0. The molecule has 1 rings (SSSR count). The molecular weight excluding hydrogens is 128 g/mol. The van der Waals surface area contributed by atoms with Gasteiger partial charge in [-0.25, -0.2) is 9.90 Å². The van der Waals surface area contributed by atoms with Gasteiger partial charge in [0.1, 0.15) is 0 Å². The summed E-state index contributed by atoms with van der Waals surface area (Å²) in [6.45, 7) is 0. The first kappa shape index (κ1) is 7.32. The summed E-state index contributed by atoms with van der Waals surface area (Å²) < 4.78 is 0. The van der Waals surface area contributed by atoms with Crippen LogP contribution < -0.4 is 0 Å². The summed E-state index contributed by atoms with van der Waals surface area (Å²) in [4.78, 5) is 10.4. The number of carbonyl (C=O) groups excluding carboxylic acids is 1. The lowest BCUT2D eigenvalue weighted by Crippen LogP contribution is -2.10. The van der Waals surface area contributed by atoms with E-state index in [9.17, 15) is 9.90 Å². The van der Waals surface area contributed by atoms with Crippen LogP contribution in [0.25, 0.3) is 0 Å². The van der Waals surface area contributed by atoms with Crippen molar-refractivity contribution >= 4 is 5.97 Å². The van der Waals surface area contributed by atoms with E-state index in [1.165, 1.54) is 0 Å². The lowest BCUT2D eigenvalue weighted by molar-refractivity contribution is -0.148. The highest BCUT2D eigenvalue weighted by Crippen LogP contribution is 2.18. The van der Waals surface area contributed by atoms with Crippen molar-refractivity contribution in [2.45, 2.75) is 25.7 Å². The Morgan fingerprint density at radius 3 is 2.10 bits per heavy atom. The van der Waals surface area contributed by atoms with Crippen LogP contribution in [0.2, 0.25) is 0 Å². The zero-order valence-corrected chi connectivity index (χ0v) is 5.88. The van der Waals surface area contributed by atoms with Crippen molar-refractivity contribution in [3.8, 4) is 0 Å².